The zero-order valence-corrected chi connectivity index (χ0v) is 9.04. The van der Waals surface area contributed by atoms with Gasteiger partial charge < -0.3 is 5.11 Å². The van der Waals surface area contributed by atoms with E-state index >= 15 is 0 Å². The second-order valence-electron chi connectivity index (χ2n) is 3.28. The highest BCUT2D eigenvalue weighted by molar-refractivity contribution is 9.10. The van der Waals surface area contributed by atoms with Gasteiger partial charge in [-0.3, -0.25) is 0 Å². The standard InChI is InChI=1S/C11H9BrO2/c12-10-3-1-2-7-6-8(11(13)14)4-5-9(7)10/h1-3,6H,4-5H2,(H,13,14). The topological polar surface area (TPSA) is 37.3 Å². The normalized spacial score (nSPS) is 14.5. The molecule has 2 nitrogen and oxygen atoms in total. The van der Waals surface area contributed by atoms with Crippen molar-refractivity contribution in [1.82, 2.24) is 0 Å². The first-order chi connectivity index (χ1) is 6.68. The summed E-state index contributed by atoms with van der Waals surface area (Å²) in [5, 5.41) is 8.85. The quantitative estimate of drug-likeness (QED) is 0.835. The first-order valence-electron chi connectivity index (χ1n) is 4.40. The van der Waals surface area contributed by atoms with E-state index in [2.05, 4.69) is 15.9 Å². The molecule has 1 aromatic carbocycles. The molecule has 72 valence electrons. The third-order valence-corrected chi connectivity index (χ3v) is 3.15. The second kappa shape index (κ2) is 3.58. The van der Waals surface area contributed by atoms with Gasteiger partial charge in [-0.1, -0.05) is 28.1 Å². The largest absolute Gasteiger partial charge is 0.478 e. The molecule has 0 amide bonds. The molecule has 0 unspecified atom stereocenters. The van der Waals surface area contributed by atoms with E-state index in [1.807, 2.05) is 18.2 Å². The van der Waals surface area contributed by atoms with Crippen molar-refractivity contribution in [3.8, 4) is 0 Å². The van der Waals surface area contributed by atoms with Gasteiger partial charge in [-0.2, -0.15) is 0 Å². The average molecular weight is 253 g/mol. The van der Waals surface area contributed by atoms with Crippen LogP contribution in [0.3, 0.4) is 0 Å². The predicted octanol–water partition coefficient (Wildman–Crippen LogP) is 2.86. The fourth-order valence-corrected chi connectivity index (χ4v) is 2.24. The smallest absolute Gasteiger partial charge is 0.331 e. The van der Waals surface area contributed by atoms with Crippen LogP contribution in [-0.2, 0) is 11.2 Å². The Morgan fingerprint density at radius 2 is 2.14 bits per heavy atom. The minimum Gasteiger partial charge on any atom is -0.478 e. The Labute approximate surface area is 90.4 Å². The van der Waals surface area contributed by atoms with Gasteiger partial charge in [0.2, 0.25) is 0 Å². The Morgan fingerprint density at radius 3 is 2.86 bits per heavy atom. The maximum absolute atomic E-state index is 10.8. The molecule has 0 heterocycles. The Bertz CT molecular complexity index is 421. The first-order valence-corrected chi connectivity index (χ1v) is 5.19. The minimum atomic E-state index is -0.810. The van der Waals surface area contributed by atoms with Crippen molar-refractivity contribution >= 4 is 28.0 Å². The third kappa shape index (κ3) is 1.60. The van der Waals surface area contributed by atoms with Gasteiger partial charge >= 0.3 is 5.97 Å². The summed E-state index contributed by atoms with van der Waals surface area (Å²) in [5.74, 6) is -0.810. The maximum atomic E-state index is 10.8. The van der Waals surface area contributed by atoms with E-state index in [0.29, 0.717) is 12.0 Å². The van der Waals surface area contributed by atoms with E-state index < -0.39 is 5.97 Å². The van der Waals surface area contributed by atoms with Gasteiger partial charge in [0.15, 0.2) is 0 Å². The number of hydrogen-bond donors (Lipinski definition) is 1. The Morgan fingerprint density at radius 1 is 1.36 bits per heavy atom. The number of carbonyl (C=O) groups is 1. The van der Waals surface area contributed by atoms with Crippen molar-refractivity contribution in [2.24, 2.45) is 0 Å². The molecule has 0 radical (unpaired) electrons. The highest BCUT2D eigenvalue weighted by Gasteiger charge is 2.16. The maximum Gasteiger partial charge on any atom is 0.331 e. The number of halogens is 1. The van der Waals surface area contributed by atoms with Crippen LogP contribution in [0.25, 0.3) is 6.08 Å². The lowest BCUT2D eigenvalue weighted by atomic mass is 9.92. The van der Waals surface area contributed by atoms with Gasteiger partial charge in [-0.05, 0) is 36.1 Å². The molecule has 0 aliphatic heterocycles. The predicted molar refractivity (Wildman–Crippen MR) is 58.1 cm³/mol. The summed E-state index contributed by atoms with van der Waals surface area (Å²) in [5.41, 5.74) is 2.72. The number of benzene rings is 1. The summed E-state index contributed by atoms with van der Waals surface area (Å²) in [4.78, 5) is 10.8. The molecular formula is C11H9BrO2. The van der Waals surface area contributed by atoms with Crippen LogP contribution in [0.4, 0.5) is 0 Å². The van der Waals surface area contributed by atoms with E-state index in [4.69, 9.17) is 5.11 Å². The highest BCUT2D eigenvalue weighted by Crippen LogP contribution is 2.29. The van der Waals surface area contributed by atoms with Crippen molar-refractivity contribution in [3.05, 3.63) is 39.4 Å². The van der Waals surface area contributed by atoms with Gasteiger partial charge in [0.25, 0.3) is 0 Å². The zero-order valence-electron chi connectivity index (χ0n) is 7.46. The lowest BCUT2D eigenvalue weighted by Gasteiger charge is -2.15. The molecular weight excluding hydrogens is 244 g/mol. The van der Waals surface area contributed by atoms with Crippen molar-refractivity contribution in [1.29, 1.82) is 0 Å². The average Bonchev–Trinajstić information content (AvgIpc) is 2.17. The lowest BCUT2D eigenvalue weighted by molar-refractivity contribution is -0.132. The molecule has 1 aliphatic rings. The number of carboxylic acid groups (broad SMARTS) is 1. The van der Waals surface area contributed by atoms with E-state index in [1.165, 1.54) is 5.56 Å². The van der Waals surface area contributed by atoms with Crippen LogP contribution in [0.2, 0.25) is 0 Å². The summed E-state index contributed by atoms with van der Waals surface area (Å²) < 4.78 is 1.07. The van der Waals surface area contributed by atoms with Gasteiger partial charge in [-0.15, -0.1) is 0 Å². The van der Waals surface area contributed by atoms with Gasteiger partial charge in [0.1, 0.15) is 0 Å². The molecule has 0 spiro atoms. The summed E-state index contributed by atoms with van der Waals surface area (Å²) >= 11 is 3.46. The molecule has 3 heteroatoms. The van der Waals surface area contributed by atoms with Crippen LogP contribution in [0.5, 0.6) is 0 Å². The van der Waals surface area contributed by atoms with Gasteiger partial charge in [-0.25, -0.2) is 4.79 Å². The summed E-state index contributed by atoms with van der Waals surface area (Å²) in [6.45, 7) is 0. The van der Waals surface area contributed by atoms with Crippen molar-refractivity contribution in [2.75, 3.05) is 0 Å². The van der Waals surface area contributed by atoms with E-state index in [-0.39, 0.29) is 0 Å². The van der Waals surface area contributed by atoms with Crippen molar-refractivity contribution in [3.63, 3.8) is 0 Å². The molecule has 1 aromatic rings. The Kier molecular flexibility index (Phi) is 2.42. The number of fused-ring (bicyclic) bond motifs is 1. The molecule has 0 fully saturated rings. The van der Waals surface area contributed by atoms with Gasteiger partial charge in [0.05, 0.1) is 0 Å². The monoisotopic (exact) mass is 252 g/mol. The summed E-state index contributed by atoms with van der Waals surface area (Å²) in [6.07, 6.45) is 3.17. The minimum absolute atomic E-state index is 0.496. The highest BCUT2D eigenvalue weighted by atomic mass is 79.9. The van der Waals surface area contributed by atoms with Crippen LogP contribution >= 0.6 is 15.9 Å². The van der Waals surface area contributed by atoms with Crippen LogP contribution < -0.4 is 0 Å². The summed E-state index contributed by atoms with van der Waals surface area (Å²) in [6, 6.07) is 5.85. The molecule has 1 aliphatic carbocycles. The van der Waals surface area contributed by atoms with Crippen molar-refractivity contribution in [2.45, 2.75) is 12.8 Å². The van der Waals surface area contributed by atoms with Crippen LogP contribution in [0.15, 0.2) is 28.2 Å². The van der Waals surface area contributed by atoms with E-state index in [1.54, 1.807) is 6.08 Å². The molecule has 0 saturated heterocycles. The Balaban J connectivity index is 2.50. The molecule has 0 saturated carbocycles. The lowest BCUT2D eigenvalue weighted by Crippen LogP contribution is -2.07. The molecule has 2 rings (SSSR count). The second-order valence-corrected chi connectivity index (χ2v) is 4.14. The first kappa shape index (κ1) is 9.46. The van der Waals surface area contributed by atoms with Crippen LogP contribution in [0, 0.1) is 0 Å². The number of hydrogen-bond acceptors (Lipinski definition) is 1. The van der Waals surface area contributed by atoms with Crippen LogP contribution in [-0.4, -0.2) is 11.1 Å². The van der Waals surface area contributed by atoms with Crippen molar-refractivity contribution < 1.29 is 9.90 Å². The number of carboxylic acids is 1. The fraction of sp³-hybridized carbons (Fsp3) is 0.182. The number of aliphatic carboxylic acids is 1. The van der Waals surface area contributed by atoms with Crippen LogP contribution in [0.1, 0.15) is 17.5 Å². The molecule has 0 atom stereocenters. The fourth-order valence-electron chi connectivity index (χ4n) is 1.66. The number of rotatable bonds is 1. The van der Waals surface area contributed by atoms with E-state index in [9.17, 15) is 4.79 Å². The molecule has 0 aromatic heterocycles. The SMILES string of the molecule is O=C(O)C1=Cc2cccc(Br)c2CC1. The molecule has 1 N–H and O–H groups in total. The summed E-state index contributed by atoms with van der Waals surface area (Å²) in [7, 11) is 0. The van der Waals surface area contributed by atoms with Gasteiger partial charge in [0, 0.05) is 10.0 Å². The molecule has 14 heavy (non-hydrogen) atoms. The zero-order chi connectivity index (χ0) is 10.1. The molecule has 0 bridgehead atoms. The Hall–Kier alpha value is -1.09. The van der Waals surface area contributed by atoms with E-state index in [0.717, 1.165) is 16.5 Å². The third-order valence-electron chi connectivity index (χ3n) is 2.40.